The Kier molecular flexibility index (Phi) is 4.60. The van der Waals surface area contributed by atoms with Crippen LogP contribution in [-0.2, 0) is 22.3 Å². The van der Waals surface area contributed by atoms with Gasteiger partial charge in [0.25, 0.3) is 0 Å². The van der Waals surface area contributed by atoms with Crippen LogP contribution in [0.4, 0.5) is 13.2 Å². The Morgan fingerprint density at radius 2 is 1.86 bits per heavy atom. The number of rotatable bonds is 3. The molecule has 0 N–H and O–H groups in total. The first-order chi connectivity index (χ1) is 13.5. The number of likely N-dealkylation sites (tertiary alicyclic amines) is 1. The molecule has 0 spiro atoms. The molecule has 4 rings (SSSR count). The van der Waals surface area contributed by atoms with E-state index >= 15 is 0 Å². The van der Waals surface area contributed by atoms with E-state index in [1.165, 1.54) is 12.1 Å². The lowest BCUT2D eigenvalue weighted by Crippen LogP contribution is -2.32. The molecule has 6 nitrogen and oxygen atoms in total. The number of benzene rings is 1. The van der Waals surface area contributed by atoms with Crippen LogP contribution in [0.15, 0.2) is 36.7 Å². The molecule has 2 aliphatic heterocycles. The average Bonchev–Trinajstić information content (AvgIpc) is 3.23. The molecule has 2 atom stereocenters. The van der Waals surface area contributed by atoms with E-state index in [1.54, 1.807) is 0 Å². The predicted molar refractivity (Wildman–Crippen MR) is 99.6 cm³/mol. The summed E-state index contributed by atoms with van der Waals surface area (Å²) in [7, 11) is 0. The van der Waals surface area contributed by atoms with Crippen molar-refractivity contribution in [3.8, 4) is 11.3 Å². The second-order valence-corrected chi connectivity index (χ2v) is 8.33. The second-order valence-electron chi connectivity index (χ2n) is 8.33. The van der Waals surface area contributed by atoms with Gasteiger partial charge in [-0.2, -0.15) is 13.2 Å². The Bertz CT molecular complexity index is 915. The lowest BCUT2D eigenvalue weighted by molar-refractivity contribution is -0.137. The SMILES string of the molecule is C=C(OC(C)(C)C)N1CC2[C@H](C1)OCc1c(-c3ccc(C(F)(F)F)cc3)nnn12. The highest BCUT2D eigenvalue weighted by atomic mass is 19.4. The summed E-state index contributed by atoms with van der Waals surface area (Å²) in [6, 6.07) is 4.88. The van der Waals surface area contributed by atoms with Crippen molar-refractivity contribution >= 4 is 0 Å². The molecular weight excluding hydrogens is 385 g/mol. The van der Waals surface area contributed by atoms with Crippen LogP contribution in [0.1, 0.15) is 38.1 Å². The van der Waals surface area contributed by atoms with Crippen LogP contribution in [0.25, 0.3) is 11.3 Å². The van der Waals surface area contributed by atoms with Crippen molar-refractivity contribution in [1.29, 1.82) is 0 Å². The van der Waals surface area contributed by atoms with Gasteiger partial charge >= 0.3 is 6.18 Å². The van der Waals surface area contributed by atoms with Crippen molar-refractivity contribution in [2.24, 2.45) is 0 Å². The second kappa shape index (κ2) is 6.76. The van der Waals surface area contributed by atoms with Crippen LogP contribution < -0.4 is 0 Å². The third kappa shape index (κ3) is 3.83. The Morgan fingerprint density at radius 1 is 1.17 bits per heavy atom. The summed E-state index contributed by atoms with van der Waals surface area (Å²) in [5.41, 5.74) is 0.842. The third-order valence-electron chi connectivity index (χ3n) is 5.04. The Balaban J connectivity index is 1.55. The molecule has 0 amide bonds. The van der Waals surface area contributed by atoms with Gasteiger partial charge in [-0.15, -0.1) is 5.10 Å². The Hall–Kier alpha value is -2.55. The molecule has 1 saturated heterocycles. The summed E-state index contributed by atoms with van der Waals surface area (Å²) in [5.74, 6) is 0.583. The van der Waals surface area contributed by atoms with E-state index in [4.69, 9.17) is 9.47 Å². The van der Waals surface area contributed by atoms with Crippen molar-refractivity contribution in [2.45, 2.75) is 51.3 Å². The number of halogens is 3. The summed E-state index contributed by atoms with van der Waals surface area (Å²) >= 11 is 0. The van der Waals surface area contributed by atoms with E-state index in [0.29, 0.717) is 36.8 Å². The van der Waals surface area contributed by atoms with E-state index in [1.807, 2.05) is 30.4 Å². The van der Waals surface area contributed by atoms with Gasteiger partial charge in [0.1, 0.15) is 11.3 Å². The molecule has 156 valence electrons. The van der Waals surface area contributed by atoms with E-state index in [-0.39, 0.29) is 17.7 Å². The number of nitrogens with zero attached hydrogens (tertiary/aromatic N) is 4. The molecule has 0 bridgehead atoms. The van der Waals surface area contributed by atoms with Gasteiger partial charge in [0.15, 0.2) is 5.88 Å². The van der Waals surface area contributed by atoms with E-state index in [0.717, 1.165) is 17.8 Å². The topological polar surface area (TPSA) is 52.4 Å². The zero-order valence-electron chi connectivity index (χ0n) is 16.5. The maximum Gasteiger partial charge on any atom is 0.416 e. The smallest absolute Gasteiger partial charge is 0.416 e. The molecule has 2 aliphatic rings. The molecule has 1 aromatic heterocycles. The van der Waals surface area contributed by atoms with Crippen LogP contribution in [0.5, 0.6) is 0 Å². The standard InChI is InChI=1S/C20H23F3N4O2/c1-12(29-19(2,3)4)26-9-15-17(10-26)28-11-16-18(24-25-27(15)16)13-5-7-14(8-6-13)20(21,22)23/h5-8,15,17H,1,9-11H2,2-4H3/t15?,17-/m0/s1. The van der Waals surface area contributed by atoms with Gasteiger partial charge in [0, 0.05) is 18.7 Å². The third-order valence-corrected chi connectivity index (χ3v) is 5.04. The summed E-state index contributed by atoms with van der Waals surface area (Å²) in [5, 5.41) is 8.51. The number of alkyl halides is 3. The molecular formula is C20H23F3N4O2. The number of aromatic nitrogens is 3. The summed E-state index contributed by atoms with van der Waals surface area (Å²) in [4.78, 5) is 2.02. The fourth-order valence-electron chi connectivity index (χ4n) is 3.72. The highest BCUT2D eigenvalue weighted by Crippen LogP contribution is 2.37. The fourth-order valence-corrected chi connectivity index (χ4v) is 3.72. The molecule has 0 radical (unpaired) electrons. The lowest BCUT2D eigenvalue weighted by Gasteiger charge is -2.28. The van der Waals surface area contributed by atoms with Crippen molar-refractivity contribution in [3.05, 3.63) is 48.0 Å². The maximum atomic E-state index is 12.8. The van der Waals surface area contributed by atoms with Gasteiger partial charge in [0.2, 0.25) is 0 Å². The van der Waals surface area contributed by atoms with E-state index < -0.39 is 11.7 Å². The average molecular weight is 408 g/mol. The van der Waals surface area contributed by atoms with Crippen molar-refractivity contribution in [2.75, 3.05) is 13.1 Å². The van der Waals surface area contributed by atoms with Crippen molar-refractivity contribution < 1.29 is 22.6 Å². The van der Waals surface area contributed by atoms with Crippen molar-refractivity contribution in [3.63, 3.8) is 0 Å². The first kappa shape index (κ1) is 19.8. The van der Waals surface area contributed by atoms with Gasteiger partial charge in [-0.05, 0) is 39.5 Å². The highest BCUT2D eigenvalue weighted by Gasteiger charge is 2.42. The molecule has 29 heavy (non-hydrogen) atoms. The Labute approximate surface area is 166 Å². The van der Waals surface area contributed by atoms with Crippen LogP contribution in [0, 0.1) is 0 Å². The quantitative estimate of drug-likeness (QED) is 0.719. The van der Waals surface area contributed by atoms with Gasteiger partial charge in [-0.25, -0.2) is 4.68 Å². The molecule has 1 aromatic carbocycles. The van der Waals surface area contributed by atoms with Crippen LogP contribution in [-0.4, -0.2) is 44.7 Å². The van der Waals surface area contributed by atoms with E-state index in [9.17, 15) is 13.2 Å². The summed E-state index contributed by atoms with van der Waals surface area (Å²) < 4.78 is 52.1. The normalized spacial score (nSPS) is 21.7. The summed E-state index contributed by atoms with van der Waals surface area (Å²) in [6.07, 6.45) is -4.45. The van der Waals surface area contributed by atoms with Gasteiger partial charge < -0.3 is 14.4 Å². The zero-order valence-corrected chi connectivity index (χ0v) is 16.5. The molecule has 1 fully saturated rings. The first-order valence-electron chi connectivity index (χ1n) is 9.39. The predicted octanol–water partition coefficient (Wildman–Crippen LogP) is 4.01. The minimum absolute atomic E-state index is 0.0604. The molecule has 3 heterocycles. The number of hydrogen-bond acceptors (Lipinski definition) is 5. The van der Waals surface area contributed by atoms with Crippen molar-refractivity contribution in [1.82, 2.24) is 19.9 Å². The van der Waals surface area contributed by atoms with Crippen LogP contribution >= 0.6 is 0 Å². The highest BCUT2D eigenvalue weighted by molar-refractivity contribution is 5.62. The number of ether oxygens (including phenoxy) is 2. The maximum absolute atomic E-state index is 12.8. The molecule has 0 aliphatic carbocycles. The lowest BCUT2D eigenvalue weighted by atomic mass is 10.1. The summed E-state index contributed by atoms with van der Waals surface area (Å²) in [6.45, 7) is 11.5. The van der Waals surface area contributed by atoms with Crippen LogP contribution in [0.3, 0.4) is 0 Å². The van der Waals surface area contributed by atoms with Gasteiger partial charge in [0.05, 0.1) is 30.0 Å². The monoisotopic (exact) mass is 408 g/mol. The minimum Gasteiger partial charge on any atom is -0.474 e. The first-order valence-corrected chi connectivity index (χ1v) is 9.39. The zero-order chi connectivity index (χ0) is 21.0. The fraction of sp³-hybridized carbons (Fsp3) is 0.500. The van der Waals surface area contributed by atoms with Gasteiger partial charge in [-0.3, -0.25) is 0 Å². The number of hydrogen-bond donors (Lipinski definition) is 0. The molecule has 9 heteroatoms. The van der Waals surface area contributed by atoms with Crippen LogP contribution in [0.2, 0.25) is 0 Å². The van der Waals surface area contributed by atoms with E-state index in [2.05, 4.69) is 16.9 Å². The number of fused-ring (bicyclic) bond motifs is 3. The largest absolute Gasteiger partial charge is 0.474 e. The molecule has 0 saturated carbocycles. The minimum atomic E-state index is -4.37. The molecule has 2 aromatic rings. The van der Waals surface area contributed by atoms with Gasteiger partial charge in [-0.1, -0.05) is 17.3 Å². The molecule has 1 unspecified atom stereocenters. The Morgan fingerprint density at radius 3 is 2.48 bits per heavy atom.